The van der Waals surface area contributed by atoms with E-state index in [0.29, 0.717) is 18.7 Å². The number of hydrogen-bond acceptors (Lipinski definition) is 4. The Morgan fingerprint density at radius 1 is 1.07 bits per heavy atom. The summed E-state index contributed by atoms with van der Waals surface area (Å²) in [5.74, 6) is 0.459. The molecule has 29 heavy (non-hydrogen) atoms. The van der Waals surface area contributed by atoms with Crippen LogP contribution in [0.4, 0.5) is 0 Å². The van der Waals surface area contributed by atoms with Crippen LogP contribution in [0.25, 0.3) is 0 Å². The van der Waals surface area contributed by atoms with Crippen molar-refractivity contribution >= 4 is 15.9 Å². The summed E-state index contributed by atoms with van der Waals surface area (Å²) in [6.07, 6.45) is 2.80. The third kappa shape index (κ3) is 4.79. The van der Waals surface area contributed by atoms with E-state index in [1.807, 2.05) is 38.1 Å². The number of nitrogens with zero attached hydrogens (tertiary/aromatic N) is 1. The maximum Gasteiger partial charge on any atom is 0.252 e. The highest BCUT2D eigenvalue weighted by atomic mass is 32.2. The molecule has 0 aliphatic carbocycles. The number of hydrogen-bond donors (Lipinski definition) is 1. The molecule has 7 heteroatoms. The molecule has 1 saturated heterocycles. The van der Waals surface area contributed by atoms with E-state index in [2.05, 4.69) is 5.32 Å². The van der Waals surface area contributed by atoms with Gasteiger partial charge in [0, 0.05) is 18.7 Å². The molecule has 0 radical (unpaired) electrons. The molecule has 1 N–H and O–H groups in total. The molecule has 156 valence electrons. The van der Waals surface area contributed by atoms with Crippen LogP contribution in [-0.4, -0.2) is 38.8 Å². The molecule has 3 rings (SSSR count). The second-order valence-corrected chi connectivity index (χ2v) is 9.35. The highest BCUT2D eigenvalue weighted by Crippen LogP contribution is 2.24. The van der Waals surface area contributed by atoms with Crippen LogP contribution in [0.1, 0.15) is 53.7 Å². The smallest absolute Gasteiger partial charge is 0.252 e. The van der Waals surface area contributed by atoms with Gasteiger partial charge in [-0.15, -0.1) is 0 Å². The van der Waals surface area contributed by atoms with Gasteiger partial charge in [-0.1, -0.05) is 24.6 Å². The van der Waals surface area contributed by atoms with E-state index in [4.69, 9.17) is 4.74 Å². The molecule has 0 bridgehead atoms. The topological polar surface area (TPSA) is 75.7 Å². The SMILES string of the molecule is COc1ccc([C@@H](C)NC(=O)c2cc(S(=O)(=O)N3CCCCC3)ccc2C)cc1. The van der Waals surface area contributed by atoms with Crippen molar-refractivity contribution in [3.8, 4) is 5.75 Å². The number of aryl methyl sites for hydroxylation is 1. The average molecular weight is 417 g/mol. The molecule has 1 fully saturated rings. The number of benzene rings is 2. The molecule has 0 spiro atoms. The lowest BCUT2D eigenvalue weighted by molar-refractivity contribution is 0.0939. The fourth-order valence-electron chi connectivity index (χ4n) is 3.51. The number of piperidine rings is 1. The minimum Gasteiger partial charge on any atom is -0.497 e. The van der Waals surface area contributed by atoms with Crippen molar-refractivity contribution in [1.29, 1.82) is 0 Å². The van der Waals surface area contributed by atoms with E-state index in [1.165, 1.54) is 10.4 Å². The number of methoxy groups -OCH3 is 1. The molecule has 1 aliphatic rings. The number of amides is 1. The summed E-state index contributed by atoms with van der Waals surface area (Å²) in [6, 6.07) is 12.0. The van der Waals surface area contributed by atoms with Crippen LogP contribution in [0.15, 0.2) is 47.4 Å². The Hall–Kier alpha value is -2.38. The summed E-state index contributed by atoms with van der Waals surface area (Å²) in [4.78, 5) is 13.1. The average Bonchev–Trinajstić information content (AvgIpc) is 2.74. The Labute approximate surface area is 172 Å². The molecule has 6 nitrogen and oxygen atoms in total. The van der Waals surface area contributed by atoms with E-state index in [1.54, 1.807) is 19.2 Å². The van der Waals surface area contributed by atoms with Crippen molar-refractivity contribution in [3.63, 3.8) is 0 Å². The minimum atomic E-state index is -3.58. The van der Waals surface area contributed by atoms with Crippen molar-refractivity contribution in [2.45, 2.75) is 44.0 Å². The van der Waals surface area contributed by atoms with Crippen LogP contribution in [0.5, 0.6) is 5.75 Å². The zero-order chi connectivity index (χ0) is 21.0. The van der Waals surface area contributed by atoms with Gasteiger partial charge in [-0.2, -0.15) is 4.31 Å². The zero-order valence-electron chi connectivity index (χ0n) is 17.1. The quantitative estimate of drug-likeness (QED) is 0.780. The number of rotatable bonds is 6. The number of ether oxygens (including phenoxy) is 1. The normalized spacial score (nSPS) is 16.2. The predicted molar refractivity (Wildman–Crippen MR) is 113 cm³/mol. The van der Waals surface area contributed by atoms with Gasteiger partial charge in [-0.25, -0.2) is 8.42 Å². The fourth-order valence-corrected chi connectivity index (χ4v) is 5.05. The molecule has 1 amide bonds. The summed E-state index contributed by atoms with van der Waals surface area (Å²) in [5.41, 5.74) is 2.05. The van der Waals surface area contributed by atoms with Gasteiger partial charge in [0.15, 0.2) is 0 Å². The summed E-state index contributed by atoms with van der Waals surface area (Å²) in [7, 11) is -1.98. The van der Waals surface area contributed by atoms with E-state index in [9.17, 15) is 13.2 Å². The molecule has 0 unspecified atom stereocenters. The second kappa shape index (κ2) is 8.97. The van der Waals surface area contributed by atoms with Gasteiger partial charge < -0.3 is 10.1 Å². The maximum atomic E-state index is 13.0. The third-order valence-electron chi connectivity index (χ3n) is 5.37. The van der Waals surface area contributed by atoms with Crippen LogP contribution in [0.2, 0.25) is 0 Å². The third-order valence-corrected chi connectivity index (χ3v) is 7.26. The number of nitrogens with one attached hydrogen (secondary N) is 1. The molecule has 2 aromatic carbocycles. The minimum absolute atomic E-state index is 0.173. The van der Waals surface area contributed by atoms with Crippen molar-refractivity contribution in [2.75, 3.05) is 20.2 Å². The van der Waals surface area contributed by atoms with Gasteiger partial charge in [0.1, 0.15) is 5.75 Å². The fraction of sp³-hybridized carbons (Fsp3) is 0.409. The zero-order valence-corrected chi connectivity index (χ0v) is 18.0. The van der Waals surface area contributed by atoms with E-state index in [0.717, 1.165) is 36.1 Å². The van der Waals surface area contributed by atoms with Crippen LogP contribution in [-0.2, 0) is 10.0 Å². The van der Waals surface area contributed by atoms with Gasteiger partial charge in [0.25, 0.3) is 5.91 Å². The summed E-state index contributed by atoms with van der Waals surface area (Å²) < 4.78 is 32.6. The Morgan fingerprint density at radius 2 is 1.72 bits per heavy atom. The lowest BCUT2D eigenvalue weighted by Crippen LogP contribution is -2.35. The first kappa shape index (κ1) is 21.3. The van der Waals surface area contributed by atoms with Crippen LogP contribution < -0.4 is 10.1 Å². The van der Waals surface area contributed by atoms with Gasteiger partial charge in [0.05, 0.1) is 18.0 Å². The number of carbonyl (C=O) groups is 1. The molecular formula is C22H28N2O4S. The van der Waals surface area contributed by atoms with Gasteiger partial charge in [0.2, 0.25) is 10.0 Å². The Balaban J connectivity index is 1.80. The van der Waals surface area contributed by atoms with E-state index >= 15 is 0 Å². The highest BCUT2D eigenvalue weighted by Gasteiger charge is 2.27. The first-order valence-corrected chi connectivity index (χ1v) is 11.3. The summed E-state index contributed by atoms with van der Waals surface area (Å²) in [5, 5.41) is 2.96. The van der Waals surface area contributed by atoms with Crippen molar-refractivity contribution in [3.05, 3.63) is 59.2 Å². The number of carbonyl (C=O) groups excluding carboxylic acids is 1. The first-order valence-electron chi connectivity index (χ1n) is 9.88. The van der Waals surface area contributed by atoms with Gasteiger partial charge in [-0.05, 0) is 62.1 Å². The molecular weight excluding hydrogens is 388 g/mol. The van der Waals surface area contributed by atoms with E-state index in [-0.39, 0.29) is 16.8 Å². The van der Waals surface area contributed by atoms with Crippen molar-refractivity contribution < 1.29 is 17.9 Å². The van der Waals surface area contributed by atoms with Crippen LogP contribution in [0.3, 0.4) is 0 Å². The summed E-state index contributed by atoms with van der Waals surface area (Å²) in [6.45, 7) is 4.77. The Kier molecular flexibility index (Phi) is 6.59. The van der Waals surface area contributed by atoms with Crippen LogP contribution >= 0.6 is 0 Å². The summed E-state index contributed by atoms with van der Waals surface area (Å²) >= 11 is 0. The second-order valence-electron chi connectivity index (χ2n) is 7.41. The molecule has 0 saturated carbocycles. The largest absolute Gasteiger partial charge is 0.497 e. The van der Waals surface area contributed by atoms with Crippen molar-refractivity contribution in [2.24, 2.45) is 0 Å². The van der Waals surface area contributed by atoms with Gasteiger partial charge >= 0.3 is 0 Å². The predicted octanol–water partition coefficient (Wildman–Crippen LogP) is 3.67. The van der Waals surface area contributed by atoms with Crippen molar-refractivity contribution in [1.82, 2.24) is 9.62 Å². The lowest BCUT2D eigenvalue weighted by Gasteiger charge is -2.26. The molecule has 1 atom stereocenters. The molecule has 0 aromatic heterocycles. The maximum absolute atomic E-state index is 13.0. The lowest BCUT2D eigenvalue weighted by atomic mass is 10.1. The van der Waals surface area contributed by atoms with Crippen LogP contribution in [0, 0.1) is 6.92 Å². The first-order chi connectivity index (χ1) is 13.8. The molecule has 1 heterocycles. The monoisotopic (exact) mass is 416 g/mol. The Bertz CT molecular complexity index is 965. The van der Waals surface area contributed by atoms with Gasteiger partial charge in [-0.3, -0.25) is 4.79 Å². The highest BCUT2D eigenvalue weighted by molar-refractivity contribution is 7.89. The standard InChI is InChI=1S/C22H28N2O4S/c1-16-7-12-20(29(26,27)24-13-5-4-6-14-24)15-21(16)22(25)23-17(2)18-8-10-19(28-3)11-9-18/h7-12,15,17H,4-6,13-14H2,1-3H3,(H,23,25)/t17-/m1/s1. The molecule has 2 aromatic rings. The van der Waals surface area contributed by atoms with E-state index < -0.39 is 10.0 Å². The molecule has 1 aliphatic heterocycles. The number of sulfonamides is 1. The Morgan fingerprint density at radius 3 is 2.34 bits per heavy atom.